The molecule has 0 spiro atoms. The number of benzene rings is 3. The number of nitrogens with one attached hydrogen (secondary N) is 1. The van der Waals surface area contributed by atoms with Crippen LogP contribution in [0, 0.1) is 0 Å². The van der Waals surface area contributed by atoms with E-state index in [1.54, 1.807) is 72.5 Å². The van der Waals surface area contributed by atoms with Crippen LogP contribution in [0.1, 0.15) is 28.4 Å². The van der Waals surface area contributed by atoms with Crippen molar-refractivity contribution in [3.05, 3.63) is 82.4 Å². The Morgan fingerprint density at radius 3 is 2.47 bits per heavy atom. The van der Waals surface area contributed by atoms with E-state index in [4.69, 9.17) is 30.5 Å². The molecule has 4 rings (SSSR count). The molecule has 198 valence electrons. The maximum atomic E-state index is 12.7. The predicted molar refractivity (Wildman–Crippen MR) is 141 cm³/mol. The molecule has 1 aliphatic rings. The third-order valence-corrected chi connectivity index (χ3v) is 5.98. The highest BCUT2D eigenvalue weighted by Gasteiger charge is 2.24. The minimum Gasteiger partial charge on any atom is -0.493 e. The van der Waals surface area contributed by atoms with Gasteiger partial charge in [0, 0.05) is 21.8 Å². The van der Waals surface area contributed by atoms with Gasteiger partial charge in [-0.15, -0.1) is 0 Å². The first-order valence-corrected chi connectivity index (χ1v) is 12.4. The number of hydrogen-bond acceptors (Lipinski definition) is 7. The zero-order valence-corrected chi connectivity index (χ0v) is 21.7. The van der Waals surface area contributed by atoms with Gasteiger partial charge in [0.05, 0.1) is 33.2 Å². The van der Waals surface area contributed by atoms with Crippen molar-refractivity contribution in [2.75, 3.05) is 32.2 Å². The molecule has 0 bridgehead atoms. The van der Waals surface area contributed by atoms with Gasteiger partial charge >= 0.3 is 12.1 Å². The molecule has 0 radical (unpaired) electrons. The van der Waals surface area contributed by atoms with Crippen LogP contribution in [-0.2, 0) is 27.2 Å². The molecule has 3 aromatic rings. The molecule has 1 saturated heterocycles. The molecule has 2 amide bonds. The van der Waals surface area contributed by atoms with E-state index in [9.17, 15) is 14.4 Å². The highest BCUT2D eigenvalue weighted by atomic mass is 35.5. The Hall–Kier alpha value is -4.24. The number of methoxy groups -OCH3 is 1. The fourth-order valence-electron chi connectivity index (χ4n) is 3.87. The lowest BCUT2D eigenvalue weighted by Crippen LogP contribution is -2.24. The van der Waals surface area contributed by atoms with Crippen LogP contribution >= 0.6 is 11.6 Å². The lowest BCUT2D eigenvalue weighted by molar-refractivity contribution is -0.142. The van der Waals surface area contributed by atoms with Crippen LogP contribution in [-0.4, -0.2) is 49.7 Å². The van der Waals surface area contributed by atoms with Gasteiger partial charge in [-0.25, -0.2) is 4.79 Å². The Kier molecular flexibility index (Phi) is 8.70. The zero-order valence-electron chi connectivity index (χ0n) is 21.0. The lowest BCUT2D eigenvalue weighted by atomic mass is 10.1. The van der Waals surface area contributed by atoms with Gasteiger partial charge in [-0.3, -0.25) is 9.59 Å². The number of carbonyl (C=O) groups is 3. The van der Waals surface area contributed by atoms with E-state index < -0.39 is 6.09 Å². The summed E-state index contributed by atoms with van der Waals surface area (Å²) in [5.74, 6) is 0.635. The third-order valence-electron chi connectivity index (χ3n) is 5.73. The molecule has 0 atom stereocenters. The predicted octanol–water partition coefficient (Wildman–Crippen LogP) is 5.45. The molecule has 9 nitrogen and oxygen atoms in total. The molecule has 1 aliphatic heterocycles. The highest BCUT2D eigenvalue weighted by Crippen LogP contribution is 2.36. The van der Waals surface area contributed by atoms with Gasteiger partial charge in [-0.1, -0.05) is 17.7 Å². The van der Waals surface area contributed by atoms with E-state index in [1.807, 2.05) is 0 Å². The van der Waals surface area contributed by atoms with E-state index in [1.165, 1.54) is 7.11 Å². The topological polar surface area (TPSA) is 103 Å². The molecule has 0 unspecified atom stereocenters. The maximum Gasteiger partial charge on any atom is 0.410 e. The summed E-state index contributed by atoms with van der Waals surface area (Å²) in [4.78, 5) is 38.4. The van der Waals surface area contributed by atoms with Gasteiger partial charge in [0.15, 0.2) is 11.5 Å². The maximum absolute atomic E-state index is 12.7. The number of ether oxygens (including phenoxy) is 4. The van der Waals surface area contributed by atoms with Gasteiger partial charge in [0.1, 0.15) is 12.4 Å². The summed E-state index contributed by atoms with van der Waals surface area (Å²) in [6.07, 6.45) is -0.350. The second-order valence-electron chi connectivity index (χ2n) is 8.39. The molecular weight excluding hydrogens is 512 g/mol. The molecule has 1 heterocycles. The van der Waals surface area contributed by atoms with Crippen molar-refractivity contribution < 1.29 is 33.3 Å². The normalized spacial score (nSPS) is 12.6. The number of carbonyl (C=O) groups excluding carboxylic acids is 3. The van der Waals surface area contributed by atoms with Crippen molar-refractivity contribution in [2.45, 2.75) is 19.9 Å². The summed E-state index contributed by atoms with van der Waals surface area (Å²) >= 11 is 5.92. The largest absolute Gasteiger partial charge is 0.493 e. The standard InChI is InChI=1S/C28H27ClN2O7/c1-3-36-26(32)15-18-4-10-24(35-2)25(14-18)38-23-11-9-22(16-20(23)17-31-12-13-37-28(31)34)30-27(33)19-5-7-21(29)8-6-19/h4-11,14,16H,3,12-13,15,17H2,1-2H3,(H,30,33). The number of cyclic esters (lactones) is 1. The lowest BCUT2D eigenvalue weighted by Gasteiger charge is -2.19. The number of hydrogen-bond donors (Lipinski definition) is 1. The van der Waals surface area contributed by atoms with E-state index >= 15 is 0 Å². The van der Waals surface area contributed by atoms with Crippen molar-refractivity contribution in [1.82, 2.24) is 4.90 Å². The van der Waals surface area contributed by atoms with Gasteiger partial charge in [-0.2, -0.15) is 0 Å². The Morgan fingerprint density at radius 1 is 1.03 bits per heavy atom. The molecule has 1 fully saturated rings. The second-order valence-corrected chi connectivity index (χ2v) is 8.82. The quantitative estimate of drug-likeness (QED) is 0.342. The average Bonchev–Trinajstić information content (AvgIpc) is 3.30. The second kappa shape index (κ2) is 12.3. The van der Waals surface area contributed by atoms with Gasteiger partial charge in [0.2, 0.25) is 0 Å². The van der Waals surface area contributed by atoms with E-state index in [-0.39, 0.29) is 24.8 Å². The average molecular weight is 539 g/mol. The van der Waals surface area contributed by atoms with Crippen LogP contribution in [0.5, 0.6) is 17.2 Å². The van der Waals surface area contributed by atoms with Gasteiger partial charge < -0.3 is 29.2 Å². The molecule has 3 aromatic carbocycles. The van der Waals surface area contributed by atoms with Crippen molar-refractivity contribution in [1.29, 1.82) is 0 Å². The van der Waals surface area contributed by atoms with E-state index in [2.05, 4.69) is 5.32 Å². The minimum absolute atomic E-state index is 0.0797. The molecule has 10 heteroatoms. The Labute approximate surface area is 225 Å². The van der Waals surface area contributed by atoms with Crippen LogP contribution in [0.25, 0.3) is 0 Å². The number of halogens is 1. The number of nitrogens with zero attached hydrogens (tertiary/aromatic N) is 1. The Balaban J connectivity index is 1.62. The Morgan fingerprint density at radius 2 is 1.79 bits per heavy atom. The number of rotatable bonds is 10. The SMILES string of the molecule is CCOC(=O)Cc1ccc(OC)c(Oc2ccc(NC(=O)c3ccc(Cl)cc3)cc2CN2CCOC2=O)c1. The summed E-state index contributed by atoms with van der Waals surface area (Å²) in [7, 11) is 1.52. The summed E-state index contributed by atoms with van der Waals surface area (Å²) in [6.45, 7) is 2.97. The number of esters is 1. The fraction of sp³-hybridized carbons (Fsp3) is 0.250. The van der Waals surface area contributed by atoms with Crippen LogP contribution in [0.2, 0.25) is 5.02 Å². The molecule has 0 aromatic heterocycles. The van der Waals surface area contributed by atoms with Crippen molar-refractivity contribution in [2.24, 2.45) is 0 Å². The van der Waals surface area contributed by atoms with Crippen LogP contribution in [0.15, 0.2) is 60.7 Å². The highest BCUT2D eigenvalue weighted by molar-refractivity contribution is 6.30. The smallest absolute Gasteiger partial charge is 0.410 e. The molecule has 38 heavy (non-hydrogen) atoms. The molecule has 0 saturated carbocycles. The summed E-state index contributed by atoms with van der Waals surface area (Å²) in [6, 6.07) is 16.9. The first-order chi connectivity index (χ1) is 18.4. The monoisotopic (exact) mass is 538 g/mol. The number of amides is 2. The van der Waals surface area contributed by atoms with Crippen molar-refractivity contribution in [3.63, 3.8) is 0 Å². The zero-order chi connectivity index (χ0) is 27.1. The first kappa shape index (κ1) is 26.8. The van der Waals surface area contributed by atoms with Gasteiger partial charge in [0.25, 0.3) is 5.91 Å². The van der Waals surface area contributed by atoms with Crippen LogP contribution in [0.3, 0.4) is 0 Å². The fourth-order valence-corrected chi connectivity index (χ4v) is 3.99. The molecule has 1 N–H and O–H groups in total. The minimum atomic E-state index is -0.430. The number of anilines is 1. The Bertz CT molecular complexity index is 1330. The van der Waals surface area contributed by atoms with Crippen molar-refractivity contribution in [3.8, 4) is 17.2 Å². The summed E-state index contributed by atoms with van der Waals surface area (Å²) in [5.41, 5.74) is 2.29. The van der Waals surface area contributed by atoms with E-state index in [0.717, 1.165) is 0 Å². The first-order valence-electron chi connectivity index (χ1n) is 12.0. The summed E-state index contributed by atoms with van der Waals surface area (Å²) in [5, 5.41) is 3.39. The van der Waals surface area contributed by atoms with Crippen LogP contribution < -0.4 is 14.8 Å². The van der Waals surface area contributed by atoms with Crippen molar-refractivity contribution >= 4 is 35.3 Å². The molecule has 0 aliphatic carbocycles. The van der Waals surface area contributed by atoms with Gasteiger partial charge in [-0.05, 0) is 67.1 Å². The third kappa shape index (κ3) is 6.74. The summed E-state index contributed by atoms with van der Waals surface area (Å²) < 4.78 is 21.8. The van der Waals surface area contributed by atoms with E-state index in [0.29, 0.717) is 64.4 Å². The molecular formula is C28H27ClN2O7. The van der Waals surface area contributed by atoms with Crippen LogP contribution in [0.4, 0.5) is 10.5 Å².